The van der Waals surface area contributed by atoms with Gasteiger partial charge in [0.2, 0.25) is 0 Å². The molecule has 5 rings (SSSR count). The van der Waals surface area contributed by atoms with Gasteiger partial charge in [-0.15, -0.1) is 11.3 Å². The van der Waals surface area contributed by atoms with E-state index in [4.69, 9.17) is 27.9 Å². The van der Waals surface area contributed by atoms with Crippen LogP contribution in [0.25, 0.3) is 0 Å². The van der Waals surface area contributed by atoms with Crippen LogP contribution in [0.4, 0.5) is 0 Å². The summed E-state index contributed by atoms with van der Waals surface area (Å²) in [4.78, 5) is 52.2. The maximum atomic E-state index is 13.1. The fourth-order valence-corrected chi connectivity index (χ4v) is 6.07. The highest BCUT2D eigenvalue weighted by atomic mass is 35.5. The Morgan fingerprint density at radius 3 is 2.69 bits per heavy atom. The molecule has 0 fully saturated rings. The normalized spacial score (nSPS) is 19.8. The van der Waals surface area contributed by atoms with Crippen molar-refractivity contribution in [2.24, 2.45) is 5.92 Å². The molecule has 0 bridgehead atoms. The quantitative estimate of drug-likeness (QED) is 0.454. The average Bonchev–Trinajstić information content (AvgIpc) is 3.60. The SMILES string of the molecule is O=C(NC[C@H](NC(=O)c1c(Cl)cc2c(c1Cl)CCN(C(=O)C1=CC3C=CC=CC3O1)C2)C(=O)O)c1cccs1. The minimum absolute atomic E-state index is 0.0228. The van der Waals surface area contributed by atoms with Gasteiger partial charge in [-0.05, 0) is 47.2 Å². The van der Waals surface area contributed by atoms with Crippen molar-refractivity contribution in [2.75, 3.05) is 13.1 Å². The molecule has 39 heavy (non-hydrogen) atoms. The van der Waals surface area contributed by atoms with Crippen LogP contribution in [0.2, 0.25) is 10.0 Å². The zero-order chi connectivity index (χ0) is 27.7. The molecular weight excluding hydrogens is 565 g/mol. The molecule has 3 N–H and O–H groups in total. The fraction of sp³-hybridized carbons (Fsp3) is 0.259. The van der Waals surface area contributed by atoms with Gasteiger partial charge in [0.15, 0.2) is 5.76 Å². The standard InChI is InChI=1S/C27H23Cl2N3O6S/c28-17-10-15-13-32(26(35)20-11-14-4-1-2-5-19(14)38-20)8-7-16(15)23(29)22(17)25(34)31-18(27(36)37)12-30-24(33)21-6-3-9-39-21/h1-6,9-11,14,18-19H,7-8,12-13H2,(H,30,33)(H,31,34)(H,36,37)/t14?,18-,19?/m0/s1. The largest absolute Gasteiger partial charge is 0.480 e. The van der Waals surface area contributed by atoms with Gasteiger partial charge >= 0.3 is 5.97 Å². The molecule has 2 aliphatic heterocycles. The van der Waals surface area contributed by atoms with Crippen molar-refractivity contribution in [1.29, 1.82) is 0 Å². The number of amides is 3. The lowest BCUT2D eigenvalue weighted by molar-refractivity contribution is -0.139. The van der Waals surface area contributed by atoms with Crippen LogP contribution in [0.3, 0.4) is 0 Å². The van der Waals surface area contributed by atoms with Crippen molar-refractivity contribution in [3.63, 3.8) is 0 Å². The minimum Gasteiger partial charge on any atom is -0.480 e. The number of benzene rings is 1. The van der Waals surface area contributed by atoms with E-state index >= 15 is 0 Å². The maximum absolute atomic E-state index is 13.1. The number of hydrogen-bond acceptors (Lipinski definition) is 6. The molecule has 3 atom stereocenters. The van der Waals surface area contributed by atoms with Crippen molar-refractivity contribution in [1.82, 2.24) is 15.5 Å². The molecule has 1 aromatic heterocycles. The second-order valence-electron chi connectivity index (χ2n) is 9.17. The highest BCUT2D eigenvalue weighted by Crippen LogP contribution is 2.36. The third kappa shape index (κ3) is 5.59. The van der Waals surface area contributed by atoms with Gasteiger partial charge in [-0.2, -0.15) is 0 Å². The first-order chi connectivity index (χ1) is 18.7. The summed E-state index contributed by atoms with van der Waals surface area (Å²) in [6.45, 7) is 0.243. The number of allylic oxidation sites excluding steroid dienone is 2. The molecule has 0 saturated carbocycles. The van der Waals surface area contributed by atoms with E-state index in [-0.39, 0.29) is 46.6 Å². The lowest BCUT2D eigenvalue weighted by atomic mass is 9.96. The Labute approximate surface area is 237 Å². The molecule has 0 spiro atoms. The van der Waals surface area contributed by atoms with E-state index in [1.54, 1.807) is 28.5 Å². The maximum Gasteiger partial charge on any atom is 0.328 e. The molecular formula is C27H23Cl2N3O6S. The number of carbonyl (C=O) groups excluding carboxylic acids is 3. The van der Waals surface area contributed by atoms with Crippen molar-refractivity contribution in [2.45, 2.75) is 25.1 Å². The van der Waals surface area contributed by atoms with E-state index < -0.39 is 23.8 Å². The number of carbonyl (C=O) groups is 4. The summed E-state index contributed by atoms with van der Waals surface area (Å²) in [7, 11) is 0. The Balaban J connectivity index is 1.27. The molecule has 0 radical (unpaired) electrons. The molecule has 202 valence electrons. The number of rotatable bonds is 7. The van der Waals surface area contributed by atoms with Crippen LogP contribution < -0.4 is 10.6 Å². The molecule has 3 heterocycles. The second-order valence-corrected chi connectivity index (χ2v) is 10.9. The van der Waals surface area contributed by atoms with E-state index in [0.717, 1.165) is 0 Å². The summed E-state index contributed by atoms with van der Waals surface area (Å²) in [5.74, 6) is -2.47. The van der Waals surface area contributed by atoms with Crippen LogP contribution in [0, 0.1) is 5.92 Å². The first kappa shape index (κ1) is 27.0. The zero-order valence-electron chi connectivity index (χ0n) is 20.4. The summed E-state index contributed by atoms with van der Waals surface area (Å²) >= 11 is 14.3. The lowest BCUT2D eigenvalue weighted by Crippen LogP contribution is -2.48. The summed E-state index contributed by atoms with van der Waals surface area (Å²) in [5, 5.41) is 16.3. The summed E-state index contributed by atoms with van der Waals surface area (Å²) in [5.41, 5.74) is 1.29. The van der Waals surface area contributed by atoms with Gasteiger partial charge in [-0.3, -0.25) is 14.4 Å². The third-order valence-electron chi connectivity index (χ3n) is 6.68. The molecule has 12 heteroatoms. The van der Waals surface area contributed by atoms with Crippen LogP contribution in [0.15, 0.2) is 59.7 Å². The molecule has 9 nitrogen and oxygen atoms in total. The van der Waals surface area contributed by atoms with Crippen LogP contribution >= 0.6 is 34.5 Å². The smallest absolute Gasteiger partial charge is 0.328 e. The lowest BCUT2D eigenvalue weighted by Gasteiger charge is -2.30. The molecule has 1 aliphatic carbocycles. The van der Waals surface area contributed by atoms with Crippen LogP contribution in [-0.4, -0.2) is 58.9 Å². The fourth-order valence-electron chi connectivity index (χ4n) is 4.66. The van der Waals surface area contributed by atoms with Crippen molar-refractivity contribution in [3.8, 4) is 0 Å². The van der Waals surface area contributed by atoms with Crippen LogP contribution in [0.5, 0.6) is 0 Å². The second kappa shape index (κ2) is 11.3. The minimum atomic E-state index is -1.41. The van der Waals surface area contributed by atoms with Crippen LogP contribution in [0.1, 0.15) is 31.2 Å². The Hall–Kier alpha value is -3.60. The van der Waals surface area contributed by atoms with Gasteiger partial charge in [0.25, 0.3) is 17.7 Å². The third-order valence-corrected chi connectivity index (χ3v) is 8.26. The van der Waals surface area contributed by atoms with E-state index in [9.17, 15) is 24.3 Å². The summed E-state index contributed by atoms with van der Waals surface area (Å²) in [6, 6.07) is 3.46. The number of halogens is 2. The van der Waals surface area contributed by atoms with Gasteiger partial charge in [-0.25, -0.2) is 4.79 Å². The Morgan fingerprint density at radius 2 is 1.97 bits per heavy atom. The number of nitrogens with one attached hydrogen (secondary N) is 2. The number of ether oxygens (including phenoxy) is 1. The van der Waals surface area contributed by atoms with E-state index in [0.29, 0.717) is 34.7 Å². The molecule has 3 amide bonds. The van der Waals surface area contributed by atoms with Gasteiger partial charge in [0, 0.05) is 25.6 Å². The molecule has 3 aliphatic rings. The number of fused-ring (bicyclic) bond motifs is 2. The zero-order valence-corrected chi connectivity index (χ0v) is 22.7. The average molecular weight is 588 g/mol. The predicted octanol–water partition coefficient (Wildman–Crippen LogP) is 3.58. The first-order valence-corrected chi connectivity index (χ1v) is 13.7. The summed E-state index contributed by atoms with van der Waals surface area (Å²) in [6.07, 6.45) is 9.70. The first-order valence-electron chi connectivity index (χ1n) is 12.1. The topological polar surface area (TPSA) is 125 Å². The highest BCUT2D eigenvalue weighted by Gasteiger charge is 2.35. The monoisotopic (exact) mass is 587 g/mol. The van der Waals surface area contributed by atoms with Crippen LogP contribution in [-0.2, 0) is 27.3 Å². The van der Waals surface area contributed by atoms with Gasteiger partial charge < -0.3 is 25.4 Å². The highest BCUT2D eigenvalue weighted by molar-refractivity contribution is 7.12. The van der Waals surface area contributed by atoms with Gasteiger partial charge in [-0.1, -0.05) is 47.5 Å². The molecule has 2 unspecified atom stereocenters. The number of carboxylic acids is 1. The molecule has 2 aromatic rings. The number of nitrogens with zero attached hydrogens (tertiary/aromatic N) is 1. The van der Waals surface area contributed by atoms with Gasteiger partial charge in [0.1, 0.15) is 12.1 Å². The van der Waals surface area contributed by atoms with E-state index in [1.165, 1.54) is 11.3 Å². The van der Waals surface area contributed by atoms with Crippen molar-refractivity contribution in [3.05, 3.63) is 91.3 Å². The Bertz CT molecular complexity index is 1440. The molecule has 1 aromatic carbocycles. The molecule has 0 saturated heterocycles. The Morgan fingerprint density at radius 1 is 1.18 bits per heavy atom. The number of aliphatic carboxylic acids is 1. The summed E-state index contributed by atoms with van der Waals surface area (Å²) < 4.78 is 5.83. The number of carboxylic acid groups (broad SMARTS) is 1. The van der Waals surface area contributed by atoms with Crippen molar-refractivity contribution < 1.29 is 29.0 Å². The van der Waals surface area contributed by atoms with Gasteiger partial charge in [0.05, 0.1) is 20.5 Å². The Kier molecular flexibility index (Phi) is 7.79. The predicted molar refractivity (Wildman–Crippen MR) is 146 cm³/mol. The number of thiophene rings is 1. The number of hydrogen-bond donors (Lipinski definition) is 3. The van der Waals surface area contributed by atoms with Crippen molar-refractivity contribution >= 4 is 58.2 Å². The van der Waals surface area contributed by atoms with E-state index in [1.807, 2.05) is 30.4 Å². The van der Waals surface area contributed by atoms with E-state index in [2.05, 4.69) is 10.6 Å².